The molecular weight excluding hydrogens is 288 g/mol. The Labute approximate surface area is 141 Å². The summed E-state index contributed by atoms with van der Waals surface area (Å²) in [6.07, 6.45) is 1.89. The van der Waals surface area contributed by atoms with Crippen LogP contribution in [-0.2, 0) is 0 Å². The summed E-state index contributed by atoms with van der Waals surface area (Å²) in [5.41, 5.74) is 6.42. The molecule has 0 radical (unpaired) electrons. The van der Waals surface area contributed by atoms with Crippen molar-refractivity contribution < 1.29 is 0 Å². The number of hydrogen-bond donors (Lipinski definition) is 2. The molecule has 1 aromatic carbocycles. The Morgan fingerprint density at radius 3 is 2.55 bits per heavy atom. The van der Waals surface area contributed by atoms with Crippen LogP contribution >= 0.6 is 12.6 Å². The van der Waals surface area contributed by atoms with E-state index in [1.807, 2.05) is 21.1 Å². The smallest absolute Gasteiger partial charge is 0.0267 e. The third-order valence-electron chi connectivity index (χ3n) is 4.18. The highest BCUT2D eigenvalue weighted by Gasteiger charge is 2.17. The van der Waals surface area contributed by atoms with Crippen molar-refractivity contribution in [1.29, 1.82) is 0 Å². The largest absolute Gasteiger partial charge is 0.391 e. The van der Waals surface area contributed by atoms with Gasteiger partial charge in [0.1, 0.15) is 0 Å². The van der Waals surface area contributed by atoms with E-state index in [4.69, 9.17) is 0 Å². The Hall–Kier alpha value is -1.35. The molecule has 0 aliphatic carbocycles. The molecule has 0 aliphatic heterocycles. The van der Waals surface area contributed by atoms with Crippen LogP contribution in [0.5, 0.6) is 0 Å². The van der Waals surface area contributed by atoms with Gasteiger partial charge in [-0.05, 0) is 37.2 Å². The number of rotatable bonds is 8. The van der Waals surface area contributed by atoms with Crippen LogP contribution in [0.1, 0.15) is 36.8 Å². The minimum atomic E-state index is 0.398. The monoisotopic (exact) mass is 318 g/mol. The number of thiol groups is 1. The fourth-order valence-corrected chi connectivity index (χ4v) is 2.90. The summed E-state index contributed by atoms with van der Waals surface area (Å²) >= 11 is 4.46. The van der Waals surface area contributed by atoms with E-state index < -0.39 is 0 Å². The molecule has 3 heteroatoms. The van der Waals surface area contributed by atoms with Gasteiger partial charge in [0.15, 0.2) is 0 Å². The molecule has 0 spiro atoms. The van der Waals surface area contributed by atoms with Crippen LogP contribution in [0.25, 0.3) is 0 Å². The van der Waals surface area contributed by atoms with Crippen LogP contribution in [-0.4, -0.2) is 31.8 Å². The minimum absolute atomic E-state index is 0.398. The molecule has 0 fully saturated rings. The molecule has 0 saturated heterocycles. The molecule has 1 N–H and O–H groups in total. The molecule has 0 amide bonds. The van der Waals surface area contributed by atoms with Crippen LogP contribution in [0.3, 0.4) is 0 Å². The molecule has 122 valence electrons. The number of benzene rings is 1. The third kappa shape index (κ3) is 5.13. The molecular formula is C19H30N2S. The van der Waals surface area contributed by atoms with Gasteiger partial charge in [-0.2, -0.15) is 12.6 Å². The first-order valence-electron chi connectivity index (χ1n) is 7.80. The molecule has 1 atom stereocenters. The maximum Gasteiger partial charge on any atom is 0.0267 e. The fraction of sp³-hybridized carbons (Fsp3) is 0.474. The molecule has 1 rings (SSSR count). The molecule has 1 unspecified atom stereocenters. The first-order chi connectivity index (χ1) is 10.4. The fourth-order valence-electron chi connectivity index (χ4n) is 2.65. The van der Waals surface area contributed by atoms with Crippen LogP contribution in [0, 0.1) is 6.92 Å². The molecule has 0 saturated carbocycles. The third-order valence-corrected chi connectivity index (χ3v) is 4.43. The van der Waals surface area contributed by atoms with Gasteiger partial charge in [-0.3, -0.25) is 0 Å². The van der Waals surface area contributed by atoms with Crippen molar-refractivity contribution in [2.75, 3.05) is 26.9 Å². The second kappa shape index (κ2) is 8.94. The van der Waals surface area contributed by atoms with Crippen molar-refractivity contribution in [2.24, 2.45) is 0 Å². The van der Waals surface area contributed by atoms with Crippen molar-refractivity contribution in [3.05, 3.63) is 58.9 Å². The van der Waals surface area contributed by atoms with E-state index in [-0.39, 0.29) is 0 Å². The summed E-state index contributed by atoms with van der Waals surface area (Å²) in [6, 6.07) is 8.79. The second-order valence-electron chi connectivity index (χ2n) is 6.03. The number of allylic oxidation sites excluding steroid dienone is 1. The molecule has 0 aliphatic rings. The molecule has 0 aromatic heterocycles. The maximum absolute atomic E-state index is 4.46. The predicted octanol–water partition coefficient (Wildman–Crippen LogP) is 4.36. The SMILES string of the molecule is C=C(C/C(NC)=C(\C)C(CCS)c1cccc(C)c1)N(C)C. The zero-order chi connectivity index (χ0) is 16.7. The van der Waals surface area contributed by atoms with Gasteiger partial charge in [-0.15, -0.1) is 0 Å². The Morgan fingerprint density at radius 1 is 1.36 bits per heavy atom. The topological polar surface area (TPSA) is 15.3 Å². The van der Waals surface area contributed by atoms with Crippen molar-refractivity contribution in [1.82, 2.24) is 10.2 Å². The normalized spacial score (nSPS) is 13.4. The molecule has 22 heavy (non-hydrogen) atoms. The van der Waals surface area contributed by atoms with Gasteiger partial charge in [0, 0.05) is 44.9 Å². The lowest BCUT2D eigenvalue weighted by atomic mass is 9.87. The highest BCUT2D eigenvalue weighted by molar-refractivity contribution is 7.80. The van der Waals surface area contributed by atoms with Gasteiger partial charge in [0.25, 0.3) is 0 Å². The standard InChI is InChI=1S/C19H30N2S/c1-14-8-7-9-17(12-14)18(10-11-22)16(3)19(20-4)13-15(2)21(5)6/h7-9,12,18,20,22H,2,10-11,13H2,1,3-6H3/b19-16-. The quantitative estimate of drug-likeness (QED) is 0.693. The second-order valence-corrected chi connectivity index (χ2v) is 6.48. The van der Waals surface area contributed by atoms with E-state index in [0.717, 1.165) is 24.3 Å². The van der Waals surface area contributed by atoms with Crippen molar-refractivity contribution in [2.45, 2.75) is 32.6 Å². The zero-order valence-corrected chi connectivity index (χ0v) is 15.5. The first kappa shape index (κ1) is 18.7. The van der Waals surface area contributed by atoms with Crippen molar-refractivity contribution in [3.63, 3.8) is 0 Å². The Morgan fingerprint density at radius 2 is 2.05 bits per heavy atom. The minimum Gasteiger partial charge on any atom is -0.391 e. The maximum atomic E-state index is 4.46. The van der Waals surface area contributed by atoms with Gasteiger partial charge in [-0.1, -0.05) is 36.4 Å². The van der Waals surface area contributed by atoms with Crippen LogP contribution in [0.15, 0.2) is 47.8 Å². The summed E-state index contributed by atoms with van der Waals surface area (Å²) in [5, 5.41) is 3.38. The lowest BCUT2D eigenvalue weighted by Crippen LogP contribution is -2.18. The molecule has 1 aromatic rings. The van der Waals surface area contributed by atoms with Gasteiger partial charge in [0.05, 0.1) is 0 Å². The van der Waals surface area contributed by atoms with E-state index in [1.165, 1.54) is 22.4 Å². The van der Waals surface area contributed by atoms with Crippen molar-refractivity contribution in [3.8, 4) is 0 Å². The Kier molecular flexibility index (Phi) is 7.60. The number of aryl methyl sites for hydroxylation is 1. The van der Waals surface area contributed by atoms with Gasteiger partial charge in [-0.25, -0.2) is 0 Å². The van der Waals surface area contributed by atoms with Crippen LogP contribution < -0.4 is 5.32 Å². The van der Waals surface area contributed by atoms with E-state index >= 15 is 0 Å². The van der Waals surface area contributed by atoms with E-state index in [0.29, 0.717) is 5.92 Å². The average molecular weight is 319 g/mol. The lowest BCUT2D eigenvalue weighted by Gasteiger charge is -2.24. The van der Waals surface area contributed by atoms with Crippen LogP contribution in [0.2, 0.25) is 0 Å². The van der Waals surface area contributed by atoms with Gasteiger partial charge in [0.2, 0.25) is 0 Å². The predicted molar refractivity (Wildman–Crippen MR) is 102 cm³/mol. The number of nitrogens with zero attached hydrogens (tertiary/aromatic N) is 1. The van der Waals surface area contributed by atoms with Crippen LogP contribution in [0.4, 0.5) is 0 Å². The lowest BCUT2D eigenvalue weighted by molar-refractivity contribution is 0.495. The summed E-state index contributed by atoms with van der Waals surface area (Å²) in [6.45, 7) is 8.53. The highest BCUT2D eigenvalue weighted by atomic mass is 32.1. The molecule has 0 bridgehead atoms. The summed E-state index contributed by atoms with van der Waals surface area (Å²) < 4.78 is 0. The summed E-state index contributed by atoms with van der Waals surface area (Å²) in [4.78, 5) is 2.07. The Balaban J connectivity index is 3.16. The van der Waals surface area contributed by atoms with E-state index in [1.54, 1.807) is 0 Å². The summed E-state index contributed by atoms with van der Waals surface area (Å²) in [7, 11) is 6.07. The zero-order valence-electron chi connectivity index (χ0n) is 14.6. The number of hydrogen-bond acceptors (Lipinski definition) is 3. The summed E-state index contributed by atoms with van der Waals surface area (Å²) in [5.74, 6) is 1.27. The molecule has 0 heterocycles. The number of nitrogens with one attached hydrogen (secondary N) is 1. The van der Waals surface area contributed by atoms with Gasteiger partial charge >= 0.3 is 0 Å². The van der Waals surface area contributed by atoms with E-state index in [2.05, 4.69) is 67.5 Å². The van der Waals surface area contributed by atoms with Gasteiger partial charge < -0.3 is 10.2 Å². The van der Waals surface area contributed by atoms with Crippen molar-refractivity contribution >= 4 is 12.6 Å². The highest BCUT2D eigenvalue weighted by Crippen LogP contribution is 2.31. The van der Waals surface area contributed by atoms with E-state index in [9.17, 15) is 0 Å². The first-order valence-corrected chi connectivity index (χ1v) is 8.43. The molecule has 2 nitrogen and oxygen atoms in total. The average Bonchev–Trinajstić information content (AvgIpc) is 2.49. The Bertz CT molecular complexity index is 532.